The van der Waals surface area contributed by atoms with Crippen LogP contribution in [0.25, 0.3) is 0 Å². The largest absolute Gasteiger partial charge is 0.457 e. The third-order valence-corrected chi connectivity index (χ3v) is 4.83. The third-order valence-electron chi connectivity index (χ3n) is 4.60. The van der Waals surface area contributed by atoms with Gasteiger partial charge in [-0.1, -0.05) is 17.7 Å². The van der Waals surface area contributed by atoms with Crippen molar-refractivity contribution in [1.82, 2.24) is 19.7 Å². The fourth-order valence-electron chi connectivity index (χ4n) is 3.25. The van der Waals surface area contributed by atoms with Crippen molar-refractivity contribution in [2.24, 2.45) is 0 Å². The Kier molecular flexibility index (Phi) is 5.55. The highest BCUT2D eigenvalue weighted by atomic mass is 35.5. The molecule has 0 bridgehead atoms. The number of hydrogen-bond acceptors (Lipinski definition) is 5. The molecule has 0 aliphatic carbocycles. The van der Waals surface area contributed by atoms with Gasteiger partial charge in [0.25, 0.3) is 0 Å². The van der Waals surface area contributed by atoms with Crippen LogP contribution in [0, 0.1) is 0 Å². The number of ether oxygens (including phenoxy) is 1. The lowest BCUT2D eigenvalue weighted by molar-refractivity contribution is -0.117. The minimum Gasteiger partial charge on any atom is -0.457 e. The molecule has 1 aliphatic heterocycles. The summed E-state index contributed by atoms with van der Waals surface area (Å²) in [7, 11) is 0. The molecular weight excluding hydrogens is 378 g/mol. The molecule has 1 saturated heterocycles. The molecule has 1 amide bonds. The van der Waals surface area contributed by atoms with Gasteiger partial charge in [-0.05, 0) is 48.9 Å². The molecule has 2 heterocycles. The number of likely N-dealkylation sites (tertiary alicyclic amines) is 1. The molecule has 8 heteroatoms. The van der Waals surface area contributed by atoms with Crippen LogP contribution in [0.15, 0.2) is 61.2 Å². The van der Waals surface area contributed by atoms with Crippen LogP contribution < -0.4 is 10.1 Å². The molecule has 1 aliphatic rings. The zero-order valence-corrected chi connectivity index (χ0v) is 15.9. The number of nitrogens with zero attached hydrogens (tertiary/aromatic N) is 4. The molecule has 1 atom stereocenters. The topological polar surface area (TPSA) is 72.3 Å². The molecule has 4 rings (SSSR count). The number of carbonyl (C=O) groups excluding carboxylic acids is 1. The highest BCUT2D eigenvalue weighted by Gasteiger charge is 2.25. The molecule has 1 N–H and O–H groups in total. The maximum Gasteiger partial charge on any atom is 0.238 e. The van der Waals surface area contributed by atoms with Crippen LogP contribution in [-0.2, 0) is 4.79 Å². The van der Waals surface area contributed by atoms with E-state index in [-0.39, 0.29) is 11.9 Å². The van der Waals surface area contributed by atoms with E-state index < -0.39 is 0 Å². The highest BCUT2D eigenvalue weighted by Crippen LogP contribution is 2.25. The van der Waals surface area contributed by atoms with E-state index in [0.717, 1.165) is 25.2 Å². The average molecular weight is 398 g/mol. The lowest BCUT2D eigenvalue weighted by atomic mass is 10.3. The molecule has 1 fully saturated rings. The van der Waals surface area contributed by atoms with Gasteiger partial charge in [0.15, 0.2) is 0 Å². The molecule has 7 nitrogen and oxygen atoms in total. The molecule has 144 valence electrons. The Morgan fingerprint density at radius 3 is 2.82 bits per heavy atom. The van der Waals surface area contributed by atoms with Crippen molar-refractivity contribution in [1.29, 1.82) is 0 Å². The van der Waals surface area contributed by atoms with Crippen LogP contribution in [0.3, 0.4) is 0 Å². The number of benzene rings is 2. The summed E-state index contributed by atoms with van der Waals surface area (Å²) in [6.07, 6.45) is 4.22. The van der Waals surface area contributed by atoms with Crippen molar-refractivity contribution in [2.75, 3.05) is 25.0 Å². The molecule has 1 aromatic heterocycles. The van der Waals surface area contributed by atoms with Crippen molar-refractivity contribution in [2.45, 2.75) is 12.5 Å². The van der Waals surface area contributed by atoms with Crippen molar-refractivity contribution in [3.05, 3.63) is 66.2 Å². The van der Waals surface area contributed by atoms with Crippen LogP contribution >= 0.6 is 11.6 Å². The van der Waals surface area contributed by atoms with Crippen LogP contribution in [-0.4, -0.2) is 45.2 Å². The van der Waals surface area contributed by atoms with Crippen molar-refractivity contribution < 1.29 is 9.53 Å². The first-order chi connectivity index (χ1) is 13.7. The highest BCUT2D eigenvalue weighted by molar-refractivity contribution is 6.30. The lowest BCUT2D eigenvalue weighted by Crippen LogP contribution is -2.31. The van der Waals surface area contributed by atoms with Gasteiger partial charge < -0.3 is 10.1 Å². The number of hydrogen-bond donors (Lipinski definition) is 1. The molecule has 2 aromatic carbocycles. The Bertz CT molecular complexity index is 930. The van der Waals surface area contributed by atoms with E-state index in [4.69, 9.17) is 16.3 Å². The number of anilines is 1. The van der Waals surface area contributed by atoms with Gasteiger partial charge in [0.05, 0.1) is 12.6 Å². The van der Waals surface area contributed by atoms with Crippen molar-refractivity contribution >= 4 is 23.2 Å². The summed E-state index contributed by atoms with van der Waals surface area (Å²) in [4.78, 5) is 18.4. The zero-order valence-electron chi connectivity index (χ0n) is 15.2. The molecular formula is C20H20ClN5O2. The van der Waals surface area contributed by atoms with E-state index in [1.807, 2.05) is 41.1 Å². The third kappa shape index (κ3) is 4.68. The Balaban J connectivity index is 1.28. The van der Waals surface area contributed by atoms with E-state index >= 15 is 0 Å². The summed E-state index contributed by atoms with van der Waals surface area (Å²) in [5.41, 5.74) is 0.732. The van der Waals surface area contributed by atoms with Gasteiger partial charge in [-0.3, -0.25) is 9.69 Å². The summed E-state index contributed by atoms with van der Waals surface area (Å²) in [5.74, 6) is 1.30. The van der Waals surface area contributed by atoms with Crippen LogP contribution in [0.4, 0.5) is 5.69 Å². The maximum absolute atomic E-state index is 12.3. The maximum atomic E-state index is 12.3. The quantitative estimate of drug-likeness (QED) is 0.687. The van der Waals surface area contributed by atoms with Gasteiger partial charge in [-0.2, -0.15) is 5.10 Å². The smallest absolute Gasteiger partial charge is 0.238 e. The summed E-state index contributed by atoms with van der Waals surface area (Å²) >= 11 is 5.96. The minimum absolute atomic E-state index is 0.0391. The van der Waals surface area contributed by atoms with Crippen LogP contribution in [0.5, 0.6) is 11.5 Å². The molecule has 28 heavy (non-hydrogen) atoms. The van der Waals surface area contributed by atoms with Crippen LogP contribution in [0.1, 0.15) is 12.5 Å². The lowest BCUT2D eigenvalue weighted by Gasteiger charge is -2.16. The van der Waals surface area contributed by atoms with Gasteiger partial charge in [-0.15, -0.1) is 0 Å². The second-order valence-electron chi connectivity index (χ2n) is 6.69. The summed E-state index contributed by atoms with van der Waals surface area (Å²) in [6.45, 7) is 2.01. The number of aromatic nitrogens is 3. The zero-order chi connectivity index (χ0) is 19.3. The first-order valence-electron chi connectivity index (χ1n) is 9.05. The number of halogens is 1. The number of rotatable bonds is 6. The van der Waals surface area contributed by atoms with Crippen LogP contribution in [0.2, 0.25) is 5.02 Å². The molecule has 0 spiro atoms. The summed E-state index contributed by atoms with van der Waals surface area (Å²) < 4.78 is 7.61. The van der Waals surface area contributed by atoms with E-state index in [2.05, 4.69) is 20.3 Å². The Morgan fingerprint density at radius 2 is 2.07 bits per heavy atom. The first kappa shape index (κ1) is 18.5. The normalized spacial score (nSPS) is 16.8. The van der Waals surface area contributed by atoms with Crippen molar-refractivity contribution in [3.8, 4) is 11.5 Å². The van der Waals surface area contributed by atoms with E-state index in [0.29, 0.717) is 23.1 Å². The first-order valence-corrected chi connectivity index (χ1v) is 9.43. The average Bonchev–Trinajstić information content (AvgIpc) is 3.35. The van der Waals surface area contributed by atoms with E-state index in [9.17, 15) is 4.79 Å². The standard InChI is InChI=1S/C20H20ClN5O2/c21-15-2-1-3-19(10-15)28-18-6-4-16(5-7-18)24-20(27)12-25-9-8-17(11-25)26-14-22-13-23-26/h1-7,10,13-14,17H,8-9,11-12H2,(H,24,27)/t17-/m0/s1. The predicted octanol–water partition coefficient (Wildman–Crippen LogP) is 3.61. The van der Waals surface area contributed by atoms with E-state index in [1.54, 1.807) is 18.5 Å². The number of carbonyl (C=O) groups is 1. The van der Waals surface area contributed by atoms with Gasteiger partial charge >= 0.3 is 0 Å². The second kappa shape index (κ2) is 8.41. The van der Waals surface area contributed by atoms with E-state index in [1.165, 1.54) is 6.33 Å². The molecule has 3 aromatic rings. The Hall–Kier alpha value is -2.90. The van der Waals surface area contributed by atoms with Crippen molar-refractivity contribution in [3.63, 3.8) is 0 Å². The molecule has 0 unspecified atom stereocenters. The predicted molar refractivity (Wildman–Crippen MR) is 107 cm³/mol. The van der Waals surface area contributed by atoms with Gasteiger partial charge in [0.2, 0.25) is 5.91 Å². The minimum atomic E-state index is -0.0391. The molecule has 0 radical (unpaired) electrons. The summed E-state index contributed by atoms with van der Waals surface area (Å²) in [5, 5.41) is 7.73. The fourth-order valence-corrected chi connectivity index (χ4v) is 3.43. The SMILES string of the molecule is O=C(CN1CC[C@H](n2cncn2)C1)Nc1ccc(Oc2cccc(Cl)c2)cc1. The van der Waals surface area contributed by atoms with Gasteiger partial charge in [0.1, 0.15) is 24.2 Å². The van der Waals surface area contributed by atoms with Gasteiger partial charge in [0, 0.05) is 23.8 Å². The monoisotopic (exact) mass is 397 g/mol. The number of amides is 1. The number of nitrogens with one attached hydrogen (secondary N) is 1. The Morgan fingerprint density at radius 1 is 1.21 bits per heavy atom. The summed E-state index contributed by atoms with van der Waals surface area (Å²) in [6, 6.07) is 14.8. The van der Waals surface area contributed by atoms with Gasteiger partial charge in [-0.25, -0.2) is 9.67 Å². The molecule has 0 saturated carbocycles. The fraction of sp³-hybridized carbons (Fsp3) is 0.250. The second-order valence-corrected chi connectivity index (χ2v) is 7.12. The Labute approximate surface area is 167 Å².